The van der Waals surface area contributed by atoms with E-state index in [0.717, 1.165) is 44.4 Å². The zero-order valence-corrected chi connectivity index (χ0v) is 15.4. The first-order chi connectivity index (χ1) is 9.15. The van der Waals surface area contributed by atoms with Crippen LogP contribution in [0.5, 0.6) is 0 Å². The molecule has 0 aliphatic carbocycles. The second-order valence-electron chi connectivity index (χ2n) is 5.60. The first kappa shape index (κ1) is 19.9. The van der Waals surface area contributed by atoms with Crippen LogP contribution in [-0.4, -0.2) is 61.3 Å². The summed E-state index contributed by atoms with van der Waals surface area (Å²) in [7, 11) is 0. The van der Waals surface area contributed by atoms with Crippen LogP contribution in [0.4, 0.5) is 0 Å². The van der Waals surface area contributed by atoms with Crippen LogP contribution in [0.25, 0.3) is 0 Å². The van der Waals surface area contributed by atoms with Gasteiger partial charge in [-0.3, -0.25) is 4.99 Å². The minimum Gasteiger partial charge on any atom is -0.394 e. The van der Waals surface area contributed by atoms with Crippen molar-refractivity contribution in [1.29, 1.82) is 0 Å². The average molecular weight is 398 g/mol. The lowest BCUT2D eigenvalue weighted by Gasteiger charge is -2.34. The lowest BCUT2D eigenvalue weighted by molar-refractivity contribution is 0.187. The summed E-state index contributed by atoms with van der Waals surface area (Å²) in [6, 6.07) is 0.500. The molecule has 1 aliphatic heterocycles. The summed E-state index contributed by atoms with van der Waals surface area (Å²) < 4.78 is 0. The molecule has 1 rings (SSSR count). The lowest BCUT2D eigenvalue weighted by Crippen LogP contribution is -2.49. The lowest BCUT2D eigenvalue weighted by atomic mass is 10.0. The first-order valence-electron chi connectivity index (χ1n) is 7.53. The van der Waals surface area contributed by atoms with Crippen molar-refractivity contribution in [3.8, 4) is 0 Å². The van der Waals surface area contributed by atoms with E-state index in [2.05, 4.69) is 41.3 Å². The Kier molecular flexibility index (Phi) is 11.5. The van der Waals surface area contributed by atoms with Crippen molar-refractivity contribution in [2.24, 2.45) is 10.9 Å². The zero-order valence-electron chi connectivity index (χ0n) is 13.1. The number of likely N-dealkylation sites (tertiary alicyclic amines) is 1. The van der Waals surface area contributed by atoms with Gasteiger partial charge in [0, 0.05) is 32.2 Å². The maximum Gasteiger partial charge on any atom is 0.191 e. The first-order valence-corrected chi connectivity index (χ1v) is 7.53. The largest absolute Gasteiger partial charge is 0.394 e. The Morgan fingerprint density at radius 2 is 2.00 bits per heavy atom. The van der Waals surface area contributed by atoms with Gasteiger partial charge in [-0.25, -0.2) is 0 Å². The zero-order chi connectivity index (χ0) is 14.1. The number of guanidine groups is 1. The monoisotopic (exact) mass is 398 g/mol. The van der Waals surface area contributed by atoms with Crippen molar-refractivity contribution in [1.82, 2.24) is 15.5 Å². The van der Waals surface area contributed by atoms with Crippen molar-refractivity contribution >= 4 is 29.9 Å². The van der Waals surface area contributed by atoms with E-state index >= 15 is 0 Å². The van der Waals surface area contributed by atoms with E-state index in [1.165, 1.54) is 6.54 Å². The normalized spacial score (nSPS) is 17.9. The average Bonchev–Trinajstić information content (AvgIpc) is 2.38. The summed E-state index contributed by atoms with van der Waals surface area (Å²) in [5.41, 5.74) is 0. The van der Waals surface area contributed by atoms with Gasteiger partial charge in [0.05, 0.1) is 13.2 Å². The van der Waals surface area contributed by atoms with Gasteiger partial charge in [-0.2, -0.15) is 0 Å². The van der Waals surface area contributed by atoms with E-state index in [1.54, 1.807) is 0 Å². The van der Waals surface area contributed by atoms with E-state index in [-0.39, 0.29) is 30.6 Å². The van der Waals surface area contributed by atoms with Crippen molar-refractivity contribution in [3.05, 3.63) is 0 Å². The van der Waals surface area contributed by atoms with Gasteiger partial charge in [-0.15, -0.1) is 24.0 Å². The summed E-state index contributed by atoms with van der Waals surface area (Å²) in [5.74, 6) is 1.58. The van der Waals surface area contributed by atoms with Crippen LogP contribution < -0.4 is 10.6 Å². The maximum atomic E-state index is 8.84. The molecule has 20 heavy (non-hydrogen) atoms. The van der Waals surface area contributed by atoms with Gasteiger partial charge in [0.15, 0.2) is 5.96 Å². The molecule has 1 aliphatic rings. The highest BCUT2D eigenvalue weighted by Crippen LogP contribution is 2.11. The van der Waals surface area contributed by atoms with Crippen LogP contribution in [0.1, 0.15) is 33.6 Å². The van der Waals surface area contributed by atoms with Crippen molar-refractivity contribution < 1.29 is 5.11 Å². The summed E-state index contributed by atoms with van der Waals surface area (Å²) in [5, 5.41) is 15.5. The number of halogens is 1. The van der Waals surface area contributed by atoms with Crippen molar-refractivity contribution in [2.75, 3.05) is 39.3 Å². The standard InChI is InChI=1S/C14H30N4O.HI/c1-4-15-14(16-7-10-19)17-13-5-8-18(9-6-13)11-12(2)3;/h12-13,19H,4-11H2,1-3H3,(H2,15,16,17);1H. The van der Waals surface area contributed by atoms with Crippen LogP contribution in [0, 0.1) is 5.92 Å². The van der Waals surface area contributed by atoms with E-state index in [1.807, 2.05) is 0 Å². The number of nitrogens with one attached hydrogen (secondary N) is 2. The number of nitrogens with zero attached hydrogens (tertiary/aromatic N) is 2. The highest BCUT2D eigenvalue weighted by Gasteiger charge is 2.20. The summed E-state index contributed by atoms with van der Waals surface area (Å²) in [6.07, 6.45) is 2.33. The SMILES string of the molecule is CCNC(=NCCO)NC1CCN(CC(C)C)CC1.I. The molecule has 0 amide bonds. The van der Waals surface area contributed by atoms with Gasteiger partial charge in [0.25, 0.3) is 0 Å². The molecule has 0 bridgehead atoms. The topological polar surface area (TPSA) is 59.9 Å². The predicted molar refractivity (Wildman–Crippen MR) is 95.9 cm³/mol. The minimum atomic E-state index is 0. The summed E-state index contributed by atoms with van der Waals surface area (Å²) >= 11 is 0. The molecular formula is C14H31IN4O. The number of aliphatic hydroxyl groups is 1. The highest BCUT2D eigenvalue weighted by molar-refractivity contribution is 14.0. The quantitative estimate of drug-likeness (QED) is 0.358. The van der Waals surface area contributed by atoms with E-state index < -0.39 is 0 Å². The molecule has 6 heteroatoms. The van der Waals surface area contributed by atoms with Crippen LogP contribution >= 0.6 is 24.0 Å². The van der Waals surface area contributed by atoms with Gasteiger partial charge in [-0.1, -0.05) is 13.8 Å². The molecule has 3 N–H and O–H groups in total. The molecule has 0 aromatic carbocycles. The van der Waals surface area contributed by atoms with Crippen molar-refractivity contribution in [3.63, 3.8) is 0 Å². The van der Waals surface area contributed by atoms with E-state index in [9.17, 15) is 0 Å². The fourth-order valence-electron chi connectivity index (χ4n) is 2.45. The molecule has 0 radical (unpaired) electrons. The molecular weight excluding hydrogens is 367 g/mol. The van der Waals surface area contributed by atoms with Crippen LogP contribution in [0.2, 0.25) is 0 Å². The van der Waals surface area contributed by atoms with Crippen molar-refractivity contribution in [2.45, 2.75) is 39.7 Å². The number of hydrogen-bond acceptors (Lipinski definition) is 3. The Morgan fingerprint density at radius 3 is 2.50 bits per heavy atom. The number of rotatable bonds is 6. The molecule has 1 heterocycles. The molecule has 0 aromatic rings. The van der Waals surface area contributed by atoms with Gasteiger partial charge >= 0.3 is 0 Å². The molecule has 0 atom stereocenters. The second-order valence-corrected chi connectivity index (χ2v) is 5.60. The van der Waals surface area contributed by atoms with Crippen LogP contribution in [-0.2, 0) is 0 Å². The summed E-state index contributed by atoms with van der Waals surface area (Å²) in [4.78, 5) is 6.87. The third kappa shape index (κ3) is 8.26. The number of hydrogen-bond donors (Lipinski definition) is 3. The Morgan fingerprint density at radius 1 is 1.35 bits per heavy atom. The third-order valence-electron chi connectivity index (χ3n) is 3.27. The smallest absolute Gasteiger partial charge is 0.191 e. The molecule has 5 nitrogen and oxygen atoms in total. The maximum absolute atomic E-state index is 8.84. The fraction of sp³-hybridized carbons (Fsp3) is 0.929. The molecule has 0 spiro atoms. The third-order valence-corrected chi connectivity index (χ3v) is 3.27. The Labute approximate surface area is 140 Å². The van der Waals surface area contributed by atoms with Gasteiger partial charge < -0.3 is 20.6 Å². The highest BCUT2D eigenvalue weighted by atomic mass is 127. The fourth-order valence-corrected chi connectivity index (χ4v) is 2.45. The van der Waals surface area contributed by atoms with Gasteiger partial charge in [0.2, 0.25) is 0 Å². The van der Waals surface area contributed by atoms with E-state index in [0.29, 0.717) is 12.6 Å². The second kappa shape index (κ2) is 11.6. The Bertz CT molecular complexity index is 266. The Balaban J connectivity index is 0.00000361. The minimum absolute atomic E-state index is 0. The Hall–Kier alpha value is -0.0800. The molecule has 1 saturated heterocycles. The molecule has 0 aromatic heterocycles. The molecule has 0 saturated carbocycles. The number of aliphatic hydroxyl groups excluding tert-OH is 1. The molecule has 120 valence electrons. The van der Waals surface area contributed by atoms with Crippen LogP contribution in [0.15, 0.2) is 4.99 Å². The molecule has 0 unspecified atom stereocenters. The number of aliphatic imine (C=N–C) groups is 1. The van der Waals surface area contributed by atoms with Crippen LogP contribution in [0.3, 0.4) is 0 Å². The molecule has 1 fully saturated rings. The predicted octanol–water partition coefficient (Wildman–Crippen LogP) is 1.27. The van der Waals surface area contributed by atoms with E-state index in [4.69, 9.17) is 5.11 Å². The summed E-state index contributed by atoms with van der Waals surface area (Å²) in [6.45, 7) is 11.5. The van der Waals surface area contributed by atoms with Gasteiger partial charge in [-0.05, 0) is 25.7 Å². The number of piperidine rings is 1. The van der Waals surface area contributed by atoms with Gasteiger partial charge in [0.1, 0.15) is 0 Å².